The third-order valence-electron chi connectivity index (χ3n) is 2.76. The molecule has 2 rings (SSSR count). The number of pyridine rings is 1. The second kappa shape index (κ2) is 4.93. The van der Waals surface area contributed by atoms with E-state index in [1.54, 1.807) is 18.3 Å². The third-order valence-corrected chi connectivity index (χ3v) is 3.23. The van der Waals surface area contributed by atoms with Gasteiger partial charge in [-0.25, -0.2) is 4.98 Å². The topological polar surface area (TPSA) is 36.4 Å². The van der Waals surface area contributed by atoms with Crippen LogP contribution in [0, 0.1) is 0 Å². The van der Waals surface area contributed by atoms with Crippen LogP contribution < -0.4 is 0 Å². The number of rotatable bonds is 1. The van der Waals surface area contributed by atoms with Crippen LogP contribution in [0.3, 0.4) is 0 Å². The van der Waals surface area contributed by atoms with Crippen LogP contribution in [-0.4, -0.2) is 53.9 Å². The molecule has 1 aliphatic rings. The van der Waals surface area contributed by atoms with Gasteiger partial charge in [0.1, 0.15) is 4.60 Å². The Bertz CT molecular complexity index is 371. The molecule has 2 heterocycles. The molecule has 5 heteroatoms. The van der Waals surface area contributed by atoms with Gasteiger partial charge in [0.25, 0.3) is 5.91 Å². The Morgan fingerprint density at radius 1 is 1.31 bits per heavy atom. The van der Waals surface area contributed by atoms with Crippen LogP contribution in [0.5, 0.6) is 0 Å². The Morgan fingerprint density at radius 3 is 2.56 bits per heavy atom. The first-order chi connectivity index (χ1) is 7.66. The van der Waals surface area contributed by atoms with Crippen LogP contribution in [0.1, 0.15) is 10.4 Å². The van der Waals surface area contributed by atoms with E-state index in [-0.39, 0.29) is 5.91 Å². The highest BCUT2D eigenvalue weighted by atomic mass is 79.9. The van der Waals surface area contributed by atoms with E-state index in [4.69, 9.17) is 0 Å². The maximum atomic E-state index is 12.1. The van der Waals surface area contributed by atoms with Gasteiger partial charge in [0, 0.05) is 32.4 Å². The van der Waals surface area contributed by atoms with E-state index in [1.807, 2.05) is 4.90 Å². The molecule has 1 fully saturated rings. The lowest BCUT2D eigenvalue weighted by Gasteiger charge is -2.32. The van der Waals surface area contributed by atoms with Crippen molar-refractivity contribution in [1.29, 1.82) is 0 Å². The number of amides is 1. The number of carbonyl (C=O) groups excluding carboxylic acids is 1. The van der Waals surface area contributed by atoms with Crippen molar-refractivity contribution >= 4 is 21.8 Å². The summed E-state index contributed by atoms with van der Waals surface area (Å²) >= 11 is 3.26. The van der Waals surface area contributed by atoms with Gasteiger partial charge in [-0.2, -0.15) is 0 Å². The summed E-state index contributed by atoms with van der Waals surface area (Å²) in [7, 11) is 2.07. The zero-order chi connectivity index (χ0) is 11.5. The van der Waals surface area contributed by atoms with E-state index in [1.165, 1.54) is 0 Å². The molecular formula is C11H14BrN3O. The van der Waals surface area contributed by atoms with Crippen molar-refractivity contribution in [3.8, 4) is 0 Å². The van der Waals surface area contributed by atoms with Gasteiger partial charge < -0.3 is 9.80 Å². The van der Waals surface area contributed by atoms with Gasteiger partial charge in [-0.15, -0.1) is 0 Å². The van der Waals surface area contributed by atoms with E-state index in [9.17, 15) is 4.79 Å². The fraction of sp³-hybridized carbons (Fsp3) is 0.455. The van der Waals surface area contributed by atoms with E-state index >= 15 is 0 Å². The van der Waals surface area contributed by atoms with Crippen molar-refractivity contribution in [1.82, 2.24) is 14.8 Å². The molecule has 4 nitrogen and oxygen atoms in total. The second-order valence-electron chi connectivity index (χ2n) is 3.97. The van der Waals surface area contributed by atoms with Crippen LogP contribution >= 0.6 is 15.9 Å². The Hall–Kier alpha value is -0.940. The highest BCUT2D eigenvalue weighted by Crippen LogP contribution is 2.10. The predicted octanol–water partition coefficient (Wildman–Crippen LogP) is 1.23. The molecule has 0 bridgehead atoms. The van der Waals surface area contributed by atoms with Gasteiger partial charge in [-0.1, -0.05) is 0 Å². The molecule has 1 amide bonds. The number of nitrogens with zero attached hydrogens (tertiary/aromatic N) is 3. The zero-order valence-corrected chi connectivity index (χ0v) is 10.8. The monoisotopic (exact) mass is 283 g/mol. The minimum absolute atomic E-state index is 0.0769. The standard InChI is InChI=1S/C11H14BrN3O/c1-14-4-6-15(7-5-14)11(16)9-2-3-10(12)13-8-9/h2-3,8H,4-7H2,1H3. The average Bonchev–Trinajstić information content (AvgIpc) is 2.30. The molecule has 1 aliphatic heterocycles. The van der Waals surface area contributed by atoms with Crippen LogP contribution in [0.25, 0.3) is 0 Å². The Morgan fingerprint density at radius 2 is 2.00 bits per heavy atom. The summed E-state index contributed by atoms with van der Waals surface area (Å²) in [6.07, 6.45) is 1.62. The van der Waals surface area contributed by atoms with Crippen LogP contribution in [0.15, 0.2) is 22.9 Å². The first kappa shape index (κ1) is 11.5. The van der Waals surface area contributed by atoms with Gasteiger partial charge in [0.05, 0.1) is 5.56 Å². The smallest absolute Gasteiger partial charge is 0.255 e. The number of hydrogen-bond donors (Lipinski definition) is 0. The average molecular weight is 284 g/mol. The van der Waals surface area contributed by atoms with Crippen molar-refractivity contribution in [2.75, 3.05) is 33.2 Å². The van der Waals surface area contributed by atoms with E-state index in [0.717, 1.165) is 30.8 Å². The SMILES string of the molecule is CN1CCN(C(=O)c2ccc(Br)nc2)CC1. The fourth-order valence-corrected chi connectivity index (χ4v) is 1.93. The number of piperazine rings is 1. The molecule has 0 aromatic carbocycles. The Labute approximate surface area is 103 Å². The van der Waals surface area contributed by atoms with Gasteiger partial charge in [-0.05, 0) is 35.1 Å². The lowest BCUT2D eigenvalue weighted by molar-refractivity contribution is 0.0663. The van der Waals surface area contributed by atoms with Crippen molar-refractivity contribution in [2.45, 2.75) is 0 Å². The molecule has 0 radical (unpaired) electrons. The minimum atomic E-state index is 0.0769. The summed E-state index contributed by atoms with van der Waals surface area (Å²) in [6.45, 7) is 3.47. The maximum absolute atomic E-state index is 12.1. The Kier molecular flexibility index (Phi) is 3.56. The first-order valence-corrected chi connectivity index (χ1v) is 6.05. The quantitative estimate of drug-likeness (QED) is 0.728. The highest BCUT2D eigenvalue weighted by Gasteiger charge is 2.20. The first-order valence-electron chi connectivity index (χ1n) is 5.26. The lowest BCUT2D eigenvalue weighted by Crippen LogP contribution is -2.47. The molecule has 1 aromatic rings. The van der Waals surface area contributed by atoms with E-state index < -0.39 is 0 Å². The number of carbonyl (C=O) groups is 1. The minimum Gasteiger partial charge on any atom is -0.336 e. The molecule has 0 N–H and O–H groups in total. The lowest BCUT2D eigenvalue weighted by atomic mass is 10.2. The zero-order valence-electron chi connectivity index (χ0n) is 9.19. The molecule has 0 aliphatic carbocycles. The van der Waals surface area contributed by atoms with Crippen molar-refractivity contribution < 1.29 is 4.79 Å². The molecule has 86 valence electrons. The van der Waals surface area contributed by atoms with Crippen LogP contribution in [0.4, 0.5) is 0 Å². The number of likely N-dealkylation sites (N-methyl/N-ethyl adjacent to an activating group) is 1. The van der Waals surface area contributed by atoms with Gasteiger partial charge in [0.15, 0.2) is 0 Å². The van der Waals surface area contributed by atoms with Crippen LogP contribution in [-0.2, 0) is 0 Å². The predicted molar refractivity (Wildman–Crippen MR) is 65.3 cm³/mol. The fourth-order valence-electron chi connectivity index (χ4n) is 1.69. The molecular weight excluding hydrogens is 270 g/mol. The summed E-state index contributed by atoms with van der Waals surface area (Å²) in [5.74, 6) is 0.0769. The molecule has 1 saturated heterocycles. The van der Waals surface area contributed by atoms with Gasteiger partial charge in [0.2, 0.25) is 0 Å². The molecule has 0 unspecified atom stereocenters. The van der Waals surface area contributed by atoms with E-state index in [0.29, 0.717) is 5.56 Å². The summed E-state index contributed by atoms with van der Waals surface area (Å²) in [6, 6.07) is 3.60. The van der Waals surface area contributed by atoms with Gasteiger partial charge in [-0.3, -0.25) is 4.79 Å². The van der Waals surface area contributed by atoms with Crippen molar-refractivity contribution in [3.05, 3.63) is 28.5 Å². The molecule has 1 aromatic heterocycles. The third kappa shape index (κ3) is 2.59. The summed E-state index contributed by atoms with van der Waals surface area (Å²) in [5.41, 5.74) is 0.660. The Balaban J connectivity index is 2.05. The highest BCUT2D eigenvalue weighted by molar-refractivity contribution is 9.10. The summed E-state index contributed by atoms with van der Waals surface area (Å²) in [5, 5.41) is 0. The van der Waals surface area contributed by atoms with Gasteiger partial charge >= 0.3 is 0 Å². The van der Waals surface area contributed by atoms with Crippen molar-refractivity contribution in [3.63, 3.8) is 0 Å². The van der Waals surface area contributed by atoms with E-state index in [2.05, 4.69) is 32.9 Å². The molecule has 0 atom stereocenters. The van der Waals surface area contributed by atoms with Crippen molar-refractivity contribution in [2.24, 2.45) is 0 Å². The normalized spacial score (nSPS) is 17.5. The largest absolute Gasteiger partial charge is 0.336 e. The maximum Gasteiger partial charge on any atom is 0.255 e. The molecule has 0 saturated carbocycles. The molecule has 16 heavy (non-hydrogen) atoms. The summed E-state index contributed by atoms with van der Waals surface area (Å²) < 4.78 is 0.752. The number of hydrogen-bond acceptors (Lipinski definition) is 3. The number of aromatic nitrogens is 1. The summed E-state index contributed by atoms with van der Waals surface area (Å²) in [4.78, 5) is 20.2. The van der Waals surface area contributed by atoms with Crippen LogP contribution in [0.2, 0.25) is 0 Å². The second-order valence-corrected chi connectivity index (χ2v) is 4.78. The number of halogens is 1. The molecule has 0 spiro atoms.